The van der Waals surface area contributed by atoms with E-state index in [2.05, 4.69) is 5.32 Å². The van der Waals surface area contributed by atoms with Crippen molar-refractivity contribution in [3.05, 3.63) is 65.7 Å². The zero-order valence-corrected chi connectivity index (χ0v) is 13.9. The van der Waals surface area contributed by atoms with Gasteiger partial charge in [-0.1, -0.05) is 48.9 Å². The lowest BCUT2D eigenvalue weighted by Crippen LogP contribution is -2.30. The van der Waals surface area contributed by atoms with E-state index in [-0.39, 0.29) is 17.7 Å². The van der Waals surface area contributed by atoms with Crippen molar-refractivity contribution in [2.24, 2.45) is 5.92 Å². The van der Waals surface area contributed by atoms with Crippen molar-refractivity contribution in [2.75, 3.05) is 12.4 Å². The van der Waals surface area contributed by atoms with E-state index in [1.807, 2.05) is 42.5 Å². The number of benzene rings is 2. The zero-order valence-electron chi connectivity index (χ0n) is 13.9. The summed E-state index contributed by atoms with van der Waals surface area (Å²) in [6.07, 6.45) is 2.99. The Bertz CT molecular complexity index is 723. The summed E-state index contributed by atoms with van der Waals surface area (Å²) in [6, 6.07) is 17.1. The van der Waals surface area contributed by atoms with E-state index in [0.717, 1.165) is 24.8 Å². The number of amides is 2. The van der Waals surface area contributed by atoms with Crippen LogP contribution in [0.25, 0.3) is 0 Å². The molecule has 2 amide bonds. The second-order valence-electron chi connectivity index (χ2n) is 6.31. The number of hydrogen-bond donors (Lipinski definition) is 1. The third-order valence-corrected chi connectivity index (χ3v) is 4.50. The second kappa shape index (κ2) is 7.30. The van der Waals surface area contributed by atoms with Gasteiger partial charge in [-0.3, -0.25) is 9.59 Å². The van der Waals surface area contributed by atoms with E-state index in [1.54, 1.807) is 24.1 Å². The van der Waals surface area contributed by atoms with Crippen molar-refractivity contribution in [1.29, 1.82) is 0 Å². The topological polar surface area (TPSA) is 49.4 Å². The molecule has 1 saturated carbocycles. The Kier molecular flexibility index (Phi) is 4.94. The molecule has 0 aromatic heterocycles. The molecular weight excluding hydrogens is 300 g/mol. The molecule has 0 heterocycles. The molecule has 4 nitrogen and oxygen atoms in total. The summed E-state index contributed by atoms with van der Waals surface area (Å²) in [5, 5.41) is 2.93. The van der Waals surface area contributed by atoms with E-state index in [4.69, 9.17) is 0 Å². The van der Waals surface area contributed by atoms with Crippen molar-refractivity contribution < 1.29 is 9.59 Å². The highest BCUT2D eigenvalue weighted by Crippen LogP contribution is 2.28. The average Bonchev–Trinajstić information content (AvgIpc) is 2.54. The third-order valence-electron chi connectivity index (χ3n) is 4.50. The van der Waals surface area contributed by atoms with Gasteiger partial charge in [0.2, 0.25) is 5.91 Å². The Labute approximate surface area is 142 Å². The summed E-state index contributed by atoms with van der Waals surface area (Å²) in [6.45, 7) is 0.532. The van der Waals surface area contributed by atoms with Gasteiger partial charge in [0, 0.05) is 19.5 Å². The number of anilines is 1. The fourth-order valence-corrected chi connectivity index (χ4v) is 2.82. The number of nitrogens with one attached hydrogen (secondary N) is 1. The molecule has 1 aliphatic carbocycles. The van der Waals surface area contributed by atoms with Crippen LogP contribution in [-0.2, 0) is 11.3 Å². The van der Waals surface area contributed by atoms with Crippen molar-refractivity contribution >= 4 is 17.5 Å². The minimum Gasteiger partial charge on any atom is -0.337 e. The summed E-state index contributed by atoms with van der Waals surface area (Å²) in [5.41, 5.74) is 2.20. The molecule has 2 aromatic rings. The number of hydrogen-bond acceptors (Lipinski definition) is 2. The lowest BCUT2D eigenvalue weighted by molar-refractivity contribution is -0.122. The van der Waals surface area contributed by atoms with Crippen molar-refractivity contribution in [3.63, 3.8) is 0 Å². The summed E-state index contributed by atoms with van der Waals surface area (Å²) in [7, 11) is 1.78. The van der Waals surface area contributed by atoms with Crippen LogP contribution in [0.1, 0.15) is 35.2 Å². The molecule has 0 saturated heterocycles. The molecular formula is C20H22N2O2. The molecule has 3 rings (SSSR count). The van der Waals surface area contributed by atoms with Crippen molar-refractivity contribution in [1.82, 2.24) is 4.90 Å². The molecule has 124 valence electrons. The number of para-hydroxylation sites is 1. The van der Waals surface area contributed by atoms with Gasteiger partial charge >= 0.3 is 0 Å². The van der Waals surface area contributed by atoms with Crippen LogP contribution in [0.5, 0.6) is 0 Å². The Balaban J connectivity index is 1.73. The maximum Gasteiger partial charge on any atom is 0.256 e. The van der Waals surface area contributed by atoms with Crippen LogP contribution < -0.4 is 5.32 Å². The summed E-state index contributed by atoms with van der Waals surface area (Å²) in [4.78, 5) is 26.6. The smallest absolute Gasteiger partial charge is 0.256 e. The first-order chi connectivity index (χ1) is 11.6. The first-order valence-electron chi connectivity index (χ1n) is 8.34. The number of nitrogens with zero attached hydrogens (tertiary/aromatic N) is 1. The van der Waals surface area contributed by atoms with Crippen LogP contribution in [0, 0.1) is 5.92 Å². The van der Waals surface area contributed by atoms with E-state index in [0.29, 0.717) is 17.8 Å². The summed E-state index contributed by atoms with van der Waals surface area (Å²) < 4.78 is 0. The monoisotopic (exact) mass is 322 g/mol. The van der Waals surface area contributed by atoms with Gasteiger partial charge in [0.1, 0.15) is 0 Å². The first-order valence-corrected chi connectivity index (χ1v) is 8.34. The van der Waals surface area contributed by atoms with Crippen LogP contribution in [0.3, 0.4) is 0 Å². The van der Waals surface area contributed by atoms with Crippen molar-refractivity contribution in [2.45, 2.75) is 25.8 Å². The number of rotatable bonds is 5. The molecule has 1 N–H and O–H groups in total. The van der Waals surface area contributed by atoms with Gasteiger partial charge in [-0.25, -0.2) is 0 Å². The van der Waals surface area contributed by atoms with Crippen LogP contribution in [-0.4, -0.2) is 23.8 Å². The van der Waals surface area contributed by atoms with Crippen LogP contribution >= 0.6 is 0 Å². The number of carbonyl (C=O) groups is 2. The molecule has 0 radical (unpaired) electrons. The molecule has 0 spiro atoms. The quantitative estimate of drug-likeness (QED) is 0.912. The van der Waals surface area contributed by atoms with Gasteiger partial charge in [-0.05, 0) is 30.5 Å². The molecule has 0 aliphatic heterocycles. The molecule has 2 aromatic carbocycles. The van der Waals surface area contributed by atoms with Gasteiger partial charge in [-0.15, -0.1) is 0 Å². The predicted octanol–water partition coefficient (Wildman–Crippen LogP) is 3.70. The fraction of sp³-hybridized carbons (Fsp3) is 0.300. The molecule has 1 fully saturated rings. The van der Waals surface area contributed by atoms with E-state index in [9.17, 15) is 9.59 Å². The van der Waals surface area contributed by atoms with Crippen LogP contribution in [0.4, 0.5) is 5.69 Å². The molecule has 24 heavy (non-hydrogen) atoms. The SMILES string of the molecule is CN(Cc1ccccc1)C(=O)c1ccccc1NC(=O)C1CCC1. The average molecular weight is 322 g/mol. The minimum atomic E-state index is -0.0941. The Morgan fingerprint density at radius 2 is 1.71 bits per heavy atom. The number of carbonyl (C=O) groups excluding carboxylic acids is 2. The lowest BCUT2D eigenvalue weighted by atomic mass is 9.85. The highest BCUT2D eigenvalue weighted by atomic mass is 16.2. The van der Waals surface area contributed by atoms with Crippen LogP contribution in [0.2, 0.25) is 0 Å². The van der Waals surface area contributed by atoms with Gasteiger partial charge in [0.15, 0.2) is 0 Å². The highest BCUT2D eigenvalue weighted by Gasteiger charge is 2.26. The molecule has 4 heteroatoms. The van der Waals surface area contributed by atoms with Gasteiger partial charge in [-0.2, -0.15) is 0 Å². The first kappa shape index (κ1) is 16.2. The van der Waals surface area contributed by atoms with Gasteiger partial charge < -0.3 is 10.2 Å². The summed E-state index contributed by atoms with van der Waals surface area (Å²) >= 11 is 0. The van der Waals surface area contributed by atoms with E-state index >= 15 is 0 Å². The third kappa shape index (κ3) is 3.65. The predicted molar refractivity (Wildman–Crippen MR) is 94.7 cm³/mol. The normalized spacial score (nSPS) is 13.9. The molecule has 0 bridgehead atoms. The largest absolute Gasteiger partial charge is 0.337 e. The maximum atomic E-state index is 12.8. The minimum absolute atomic E-state index is 0.0206. The second-order valence-corrected chi connectivity index (χ2v) is 6.31. The van der Waals surface area contributed by atoms with Crippen LogP contribution in [0.15, 0.2) is 54.6 Å². The van der Waals surface area contributed by atoms with Gasteiger partial charge in [0.25, 0.3) is 5.91 Å². The van der Waals surface area contributed by atoms with Crippen molar-refractivity contribution in [3.8, 4) is 0 Å². The Morgan fingerprint density at radius 3 is 2.38 bits per heavy atom. The van der Waals surface area contributed by atoms with Gasteiger partial charge in [0.05, 0.1) is 11.3 Å². The fourth-order valence-electron chi connectivity index (χ4n) is 2.82. The Hall–Kier alpha value is -2.62. The summed E-state index contributed by atoms with van der Waals surface area (Å²) in [5.74, 6) is 0.0192. The van der Waals surface area contributed by atoms with E-state index in [1.165, 1.54) is 0 Å². The molecule has 0 unspecified atom stereocenters. The maximum absolute atomic E-state index is 12.8. The standard InChI is InChI=1S/C20H22N2O2/c1-22(14-15-8-3-2-4-9-15)20(24)17-12-5-6-13-18(17)21-19(23)16-10-7-11-16/h2-6,8-9,12-13,16H,7,10-11,14H2,1H3,(H,21,23). The lowest BCUT2D eigenvalue weighted by Gasteiger charge is -2.25. The molecule has 1 aliphatic rings. The highest BCUT2D eigenvalue weighted by molar-refractivity contribution is 6.04. The Morgan fingerprint density at radius 1 is 1.04 bits per heavy atom. The van der Waals surface area contributed by atoms with E-state index < -0.39 is 0 Å². The molecule has 0 atom stereocenters. The zero-order chi connectivity index (χ0) is 16.9.